The van der Waals surface area contributed by atoms with E-state index in [4.69, 9.17) is 16.3 Å². The average Bonchev–Trinajstić information content (AvgIpc) is 2.71. The van der Waals surface area contributed by atoms with E-state index < -0.39 is 0 Å². The maximum atomic E-state index is 14.6. The lowest BCUT2D eigenvalue weighted by Gasteiger charge is -2.35. The first-order valence-electron chi connectivity index (χ1n) is 10.8. The monoisotopic (exact) mass is 392 g/mol. The Bertz CT molecular complexity index is 646. The molecule has 0 aromatic heterocycles. The Hall–Kier alpha value is -1.02. The van der Waals surface area contributed by atoms with E-state index in [2.05, 4.69) is 13.0 Å². The molecule has 1 aromatic carbocycles. The Balaban J connectivity index is 1.54. The molecule has 3 rings (SSSR count). The van der Waals surface area contributed by atoms with Gasteiger partial charge in [-0.2, -0.15) is 0 Å². The van der Waals surface area contributed by atoms with E-state index in [1.165, 1.54) is 64.9 Å². The molecule has 0 saturated heterocycles. The van der Waals surface area contributed by atoms with Crippen molar-refractivity contribution >= 4 is 17.2 Å². The van der Waals surface area contributed by atoms with Crippen molar-refractivity contribution in [1.29, 1.82) is 0 Å². The predicted octanol–water partition coefficient (Wildman–Crippen LogP) is 8.06. The molecule has 1 atom stereocenters. The molecule has 1 saturated carbocycles. The summed E-state index contributed by atoms with van der Waals surface area (Å²) in [5, 5.41) is 0.0967. The van der Waals surface area contributed by atoms with Crippen LogP contribution in [0.4, 0.5) is 4.39 Å². The highest BCUT2D eigenvalue weighted by molar-refractivity contribution is 6.32. The Morgan fingerprint density at radius 2 is 1.85 bits per heavy atom. The third kappa shape index (κ3) is 5.08. The second-order valence-electron chi connectivity index (χ2n) is 8.48. The number of halogens is 2. The van der Waals surface area contributed by atoms with E-state index >= 15 is 0 Å². The lowest BCUT2D eigenvalue weighted by atomic mass is 9.70. The summed E-state index contributed by atoms with van der Waals surface area (Å²) < 4.78 is 19.7. The largest absolute Gasteiger partial charge is 0.495 e. The molecule has 0 amide bonds. The maximum absolute atomic E-state index is 14.6. The minimum absolute atomic E-state index is 0.0967. The summed E-state index contributed by atoms with van der Waals surface area (Å²) in [6.45, 7) is 2.29. The second-order valence-corrected chi connectivity index (χ2v) is 8.86. The van der Waals surface area contributed by atoms with Gasteiger partial charge in [0.25, 0.3) is 0 Å². The van der Waals surface area contributed by atoms with Gasteiger partial charge in [0.05, 0.1) is 7.11 Å². The summed E-state index contributed by atoms with van der Waals surface area (Å²) in [5.41, 5.74) is 1.76. The number of ether oxygens (including phenoxy) is 1. The fourth-order valence-corrected chi connectivity index (χ4v) is 5.34. The molecule has 0 aliphatic heterocycles. The SMILES string of the molecule is CCCCCC1CCC(C2CC=C(c3ccc(OC)c(Cl)c3F)CC2)CC1. The lowest BCUT2D eigenvalue weighted by molar-refractivity contribution is 0.187. The highest BCUT2D eigenvalue weighted by atomic mass is 35.5. The molecule has 150 valence electrons. The van der Waals surface area contributed by atoms with Crippen molar-refractivity contribution in [2.45, 2.75) is 77.6 Å². The first-order chi connectivity index (χ1) is 13.1. The van der Waals surface area contributed by atoms with Crippen LogP contribution in [0.15, 0.2) is 18.2 Å². The molecule has 1 fully saturated rings. The topological polar surface area (TPSA) is 9.23 Å². The second kappa shape index (κ2) is 9.96. The predicted molar refractivity (Wildman–Crippen MR) is 113 cm³/mol. The first-order valence-corrected chi connectivity index (χ1v) is 11.2. The normalized spacial score (nSPS) is 25.9. The zero-order valence-electron chi connectivity index (χ0n) is 16.9. The number of hydrogen-bond acceptors (Lipinski definition) is 1. The summed E-state index contributed by atoms with van der Waals surface area (Å²) in [7, 11) is 1.52. The highest BCUT2D eigenvalue weighted by Crippen LogP contribution is 2.43. The summed E-state index contributed by atoms with van der Waals surface area (Å²) in [4.78, 5) is 0. The van der Waals surface area contributed by atoms with Crippen molar-refractivity contribution in [3.8, 4) is 5.75 Å². The van der Waals surface area contributed by atoms with Crippen LogP contribution in [0.5, 0.6) is 5.75 Å². The molecule has 3 heteroatoms. The quantitative estimate of drug-likeness (QED) is 0.426. The number of hydrogen-bond donors (Lipinski definition) is 0. The van der Waals surface area contributed by atoms with Crippen LogP contribution in [-0.2, 0) is 0 Å². The van der Waals surface area contributed by atoms with Crippen LogP contribution in [0.3, 0.4) is 0 Å². The number of rotatable bonds is 7. The number of benzene rings is 1. The highest BCUT2D eigenvalue weighted by Gasteiger charge is 2.29. The zero-order valence-corrected chi connectivity index (χ0v) is 17.7. The molecule has 27 heavy (non-hydrogen) atoms. The van der Waals surface area contributed by atoms with E-state index in [0.29, 0.717) is 11.3 Å². The first kappa shape index (κ1) is 20.7. The Kier molecular flexibility index (Phi) is 7.64. The molecule has 1 nitrogen and oxygen atoms in total. The molecule has 1 unspecified atom stereocenters. The van der Waals surface area contributed by atoms with Crippen molar-refractivity contribution in [1.82, 2.24) is 0 Å². The van der Waals surface area contributed by atoms with Crippen molar-refractivity contribution < 1.29 is 9.13 Å². The summed E-state index contributed by atoms with van der Waals surface area (Å²) in [6, 6.07) is 3.58. The number of unbranched alkanes of at least 4 members (excludes halogenated alkanes) is 2. The van der Waals surface area contributed by atoms with Crippen molar-refractivity contribution in [2.75, 3.05) is 7.11 Å². The van der Waals surface area contributed by atoms with Crippen LogP contribution in [0, 0.1) is 23.6 Å². The van der Waals surface area contributed by atoms with Gasteiger partial charge in [-0.15, -0.1) is 0 Å². The molecular formula is C24H34ClFO. The molecule has 0 radical (unpaired) electrons. The molecule has 0 N–H and O–H groups in total. The minimum Gasteiger partial charge on any atom is -0.495 e. The molecular weight excluding hydrogens is 359 g/mol. The molecule has 0 spiro atoms. The van der Waals surface area contributed by atoms with Crippen LogP contribution < -0.4 is 4.74 Å². The van der Waals surface area contributed by atoms with Gasteiger partial charge in [0, 0.05) is 5.56 Å². The summed E-state index contributed by atoms with van der Waals surface area (Å²) in [5.74, 6) is 2.69. The summed E-state index contributed by atoms with van der Waals surface area (Å²) >= 11 is 6.10. The molecule has 0 heterocycles. The van der Waals surface area contributed by atoms with E-state index in [1.807, 2.05) is 6.07 Å². The van der Waals surface area contributed by atoms with Crippen LogP contribution >= 0.6 is 11.6 Å². The van der Waals surface area contributed by atoms with Crippen LogP contribution in [-0.4, -0.2) is 7.11 Å². The van der Waals surface area contributed by atoms with Gasteiger partial charge < -0.3 is 4.74 Å². The van der Waals surface area contributed by atoms with Gasteiger partial charge in [0.15, 0.2) is 5.82 Å². The van der Waals surface area contributed by atoms with Gasteiger partial charge in [-0.05, 0) is 67.6 Å². The summed E-state index contributed by atoms with van der Waals surface area (Å²) in [6.07, 6.45) is 16.7. The Morgan fingerprint density at radius 1 is 1.07 bits per heavy atom. The number of allylic oxidation sites excluding steroid dienone is 2. The van der Waals surface area contributed by atoms with E-state index in [-0.39, 0.29) is 10.8 Å². The smallest absolute Gasteiger partial charge is 0.153 e. The Labute approximate surface area is 169 Å². The van der Waals surface area contributed by atoms with Crippen LogP contribution in [0.25, 0.3) is 5.57 Å². The van der Waals surface area contributed by atoms with Crippen molar-refractivity contribution in [2.24, 2.45) is 17.8 Å². The van der Waals surface area contributed by atoms with E-state index in [9.17, 15) is 4.39 Å². The molecule has 0 bridgehead atoms. The lowest BCUT2D eigenvalue weighted by Crippen LogP contribution is -2.23. The van der Waals surface area contributed by atoms with E-state index in [1.54, 1.807) is 6.07 Å². The van der Waals surface area contributed by atoms with Crippen molar-refractivity contribution in [3.63, 3.8) is 0 Å². The van der Waals surface area contributed by atoms with Crippen LogP contribution in [0.1, 0.15) is 83.1 Å². The van der Waals surface area contributed by atoms with E-state index in [0.717, 1.165) is 36.2 Å². The van der Waals surface area contributed by atoms with Gasteiger partial charge in [-0.25, -0.2) is 4.39 Å². The average molecular weight is 393 g/mol. The van der Waals surface area contributed by atoms with Gasteiger partial charge in [0.1, 0.15) is 10.8 Å². The maximum Gasteiger partial charge on any atom is 0.153 e. The van der Waals surface area contributed by atoms with Gasteiger partial charge in [-0.1, -0.05) is 63.1 Å². The third-order valence-corrected chi connectivity index (χ3v) is 7.19. The number of methoxy groups -OCH3 is 1. The van der Waals surface area contributed by atoms with Gasteiger partial charge in [-0.3, -0.25) is 0 Å². The molecule has 2 aliphatic carbocycles. The molecule has 2 aliphatic rings. The van der Waals surface area contributed by atoms with Gasteiger partial charge >= 0.3 is 0 Å². The van der Waals surface area contributed by atoms with Crippen LogP contribution in [0.2, 0.25) is 5.02 Å². The standard InChI is InChI=1S/C24H34ClFO/c1-3-4-5-6-17-7-9-18(10-8-17)19-11-13-20(14-12-19)21-15-16-22(27-2)23(25)24(21)26/h13,15-19H,3-12,14H2,1-2H3. The van der Waals surface area contributed by atoms with Crippen molar-refractivity contribution in [3.05, 3.63) is 34.6 Å². The fraction of sp³-hybridized carbons (Fsp3) is 0.667. The minimum atomic E-state index is -0.340. The third-order valence-electron chi connectivity index (χ3n) is 6.84. The van der Waals surface area contributed by atoms with Gasteiger partial charge in [0.2, 0.25) is 0 Å². The Morgan fingerprint density at radius 3 is 2.48 bits per heavy atom. The molecule has 1 aromatic rings. The zero-order chi connectivity index (χ0) is 19.2. The fourth-order valence-electron chi connectivity index (χ4n) is 5.10.